The SMILES string of the molecule is COc1ccc(C2CCCC(=O)C2)cc1C(=O)N[C@H]1[C@@H](C(=O)Nc2ccc(F)c(C(F)(F)F)c2)[C@H]2CC[C@@H]1/C2=C\C(F)(F)F. The number of benzene rings is 2. The van der Waals surface area contributed by atoms with Gasteiger partial charge in [0.05, 0.1) is 24.2 Å². The molecule has 0 aromatic heterocycles. The molecule has 44 heavy (non-hydrogen) atoms. The molecular formula is C31H29F7N2O4. The van der Waals surface area contributed by atoms with Crippen LogP contribution in [0.5, 0.6) is 5.75 Å². The maximum absolute atomic E-state index is 13.8. The Morgan fingerprint density at radius 3 is 2.36 bits per heavy atom. The van der Waals surface area contributed by atoms with Crippen LogP contribution in [-0.2, 0) is 15.8 Å². The first-order valence-corrected chi connectivity index (χ1v) is 14.1. The molecule has 0 heterocycles. The molecule has 2 aromatic carbocycles. The number of carbonyl (C=O) groups is 3. The lowest BCUT2D eigenvalue weighted by Gasteiger charge is -2.30. The lowest BCUT2D eigenvalue weighted by atomic mass is 9.82. The summed E-state index contributed by atoms with van der Waals surface area (Å²) in [6.07, 6.45) is -6.95. The third-order valence-electron chi connectivity index (χ3n) is 8.79. The Bertz CT molecular complexity index is 1500. The standard InChI is InChI=1S/C31H29F7N2O4/c1-44-25-10-5-16(15-3-2-4-18(41)11-15)12-21(25)28(42)40-27-20-8-7-19(22(20)14-30(33,34)35)26(27)29(43)39-17-6-9-24(32)23(13-17)31(36,37)38/h5-6,9-10,12-15,19-20,26-27H,2-4,7-8,11H2,1H3,(H,39,43)(H,40,42)/b22-14-/t15?,19-,20+,26-,27+/m0/s1. The first kappa shape index (κ1) is 31.5. The number of amides is 2. The lowest BCUT2D eigenvalue weighted by molar-refractivity contribution is -0.140. The molecular weight excluding hydrogens is 597 g/mol. The molecule has 2 N–H and O–H groups in total. The summed E-state index contributed by atoms with van der Waals surface area (Å²) in [4.78, 5) is 39.2. The molecule has 0 saturated heterocycles. The quantitative estimate of drug-likeness (QED) is 0.268. The zero-order valence-corrected chi connectivity index (χ0v) is 23.4. The highest BCUT2D eigenvalue weighted by Crippen LogP contribution is 2.54. The molecule has 2 bridgehead atoms. The van der Waals surface area contributed by atoms with Crippen molar-refractivity contribution < 1.29 is 49.9 Å². The molecule has 0 aliphatic heterocycles. The summed E-state index contributed by atoms with van der Waals surface area (Å²) in [5.74, 6) is -6.05. The third kappa shape index (κ3) is 6.46. The Labute approximate surface area is 248 Å². The highest BCUT2D eigenvalue weighted by Gasteiger charge is 2.55. The van der Waals surface area contributed by atoms with Crippen molar-refractivity contribution in [3.8, 4) is 5.75 Å². The fourth-order valence-corrected chi connectivity index (χ4v) is 6.92. The van der Waals surface area contributed by atoms with E-state index in [1.54, 1.807) is 18.2 Å². The number of rotatable bonds is 6. The number of alkyl halides is 6. The molecule has 0 radical (unpaired) electrons. The second kappa shape index (κ2) is 11.9. The van der Waals surface area contributed by atoms with Gasteiger partial charge in [0.2, 0.25) is 5.91 Å². The molecule has 3 fully saturated rings. The van der Waals surface area contributed by atoms with Gasteiger partial charge in [-0.2, -0.15) is 26.3 Å². The highest BCUT2D eigenvalue weighted by atomic mass is 19.4. The molecule has 2 amide bonds. The van der Waals surface area contributed by atoms with Crippen molar-refractivity contribution in [3.63, 3.8) is 0 Å². The molecule has 236 valence electrons. The summed E-state index contributed by atoms with van der Waals surface area (Å²) < 4.78 is 99.4. The summed E-state index contributed by atoms with van der Waals surface area (Å²) in [5, 5.41) is 5.01. The molecule has 0 spiro atoms. The zero-order chi connectivity index (χ0) is 32.0. The number of hydrogen-bond acceptors (Lipinski definition) is 4. The number of hydrogen-bond donors (Lipinski definition) is 2. The van der Waals surface area contributed by atoms with Gasteiger partial charge in [0.25, 0.3) is 5.91 Å². The van der Waals surface area contributed by atoms with E-state index in [9.17, 15) is 45.1 Å². The third-order valence-corrected chi connectivity index (χ3v) is 8.79. The van der Waals surface area contributed by atoms with Crippen LogP contribution < -0.4 is 15.4 Å². The van der Waals surface area contributed by atoms with Crippen LogP contribution in [0.15, 0.2) is 48.0 Å². The normalized spacial score (nSPS) is 26.1. The second-order valence-corrected chi connectivity index (χ2v) is 11.5. The predicted molar refractivity (Wildman–Crippen MR) is 144 cm³/mol. The number of carbonyl (C=O) groups excluding carboxylic acids is 3. The minimum atomic E-state index is -5.05. The van der Waals surface area contributed by atoms with Crippen molar-refractivity contribution in [2.45, 2.75) is 62.8 Å². The van der Waals surface area contributed by atoms with E-state index in [1.807, 2.05) is 0 Å². The molecule has 6 nitrogen and oxygen atoms in total. The fourth-order valence-electron chi connectivity index (χ4n) is 6.92. The largest absolute Gasteiger partial charge is 0.496 e. The van der Waals surface area contributed by atoms with Gasteiger partial charge >= 0.3 is 12.4 Å². The van der Waals surface area contributed by atoms with Gasteiger partial charge in [0.1, 0.15) is 17.3 Å². The van der Waals surface area contributed by atoms with Crippen molar-refractivity contribution in [3.05, 3.63) is 70.6 Å². The Balaban J connectivity index is 1.46. The number of halogens is 7. The number of fused-ring (bicyclic) bond motifs is 2. The number of ketones is 1. The average molecular weight is 627 g/mol. The number of Topliss-reactive ketones (excluding diaryl/α,β-unsaturated/α-hetero) is 1. The molecule has 3 saturated carbocycles. The van der Waals surface area contributed by atoms with Gasteiger partial charge in [-0.25, -0.2) is 4.39 Å². The Kier molecular flexibility index (Phi) is 8.52. The van der Waals surface area contributed by atoms with Crippen molar-refractivity contribution in [1.82, 2.24) is 5.32 Å². The smallest absolute Gasteiger partial charge is 0.419 e. The van der Waals surface area contributed by atoms with Crippen LogP contribution in [0.4, 0.5) is 36.4 Å². The van der Waals surface area contributed by atoms with E-state index in [4.69, 9.17) is 4.74 Å². The van der Waals surface area contributed by atoms with Crippen molar-refractivity contribution in [2.75, 3.05) is 12.4 Å². The van der Waals surface area contributed by atoms with Gasteiger partial charge < -0.3 is 15.4 Å². The van der Waals surface area contributed by atoms with Crippen LogP contribution in [0.1, 0.15) is 65.9 Å². The van der Waals surface area contributed by atoms with Gasteiger partial charge in [0.15, 0.2) is 0 Å². The first-order valence-electron chi connectivity index (χ1n) is 14.1. The van der Waals surface area contributed by atoms with Crippen molar-refractivity contribution in [2.24, 2.45) is 17.8 Å². The lowest BCUT2D eigenvalue weighted by Crippen LogP contribution is -2.48. The number of nitrogens with one attached hydrogen (secondary N) is 2. The monoisotopic (exact) mass is 626 g/mol. The summed E-state index contributed by atoms with van der Waals surface area (Å²) >= 11 is 0. The molecule has 3 aliphatic rings. The Morgan fingerprint density at radius 1 is 0.977 bits per heavy atom. The van der Waals surface area contributed by atoms with Gasteiger partial charge in [-0.1, -0.05) is 11.6 Å². The summed E-state index contributed by atoms with van der Waals surface area (Å²) in [7, 11) is 1.34. The van der Waals surface area contributed by atoms with E-state index >= 15 is 0 Å². The summed E-state index contributed by atoms with van der Waals surface area (Å²) in [5.41, 5.74) is -1.29. The van der Waals surface area contributed by atoms with E-state index < -0.39 is 65.0 Å². The predicted octanol–water partition coefficient (Wildman–Crippen LogP) is 6.96. The molecule has 5 atom stereocenters. The molecule has 3 aliphatic carbocycles. The maximum Gasteiger partial charge on any atom is 0.419 e. The number of ether oxygens (including phenoxy) is 1. The highest BCUT2D eigenvalue weighted by molar-refractivity contribution is 5.99. The topological polar surface area (TPSA) is 84.5 Å². The zero-order valence-electron chi connectivity index (χ0n) is 23.4. The summed E-state index contributed by atoms with van der Waals surface area (Å²) in [6.45, 7) is 0. The summed E-state index contributed by atoms with van der Waals surface area (Å²) in [6, 6.07) is 5.62. The first-order chi connectivity index (χ1) is 20.7. The van der Waals surface area contributed by atoms with Gasteiger partial charge in [-0.05, 0) is 73.4 Å². The van der Waals surface area contributed by atoms with Crippen molar-refractivity contribution in [1.29, 1.82) is 0 Å². The number of allylic oxidation sites excluding steroid dienone is 1. The number of methoxy groups -OCH3 is 1. The van der Waals surface area contributed by atoms with E-state index in [1.165, 1.54) is 7.11 Å². The van der Waals surface area contributed by atoms with Gasteiger partial charge in [-0.15, -0.1) is 0 Å². The van der Waals surface area contributed by atoms with Crippen LogP contribution in [0.25, 0.3) is 0 Å². The number of anilines is 1. The van der Waals surface area contributed by atoms with E-state index in [0.717, 1.165) is 18.1 Å². The fraction of sp³-hybridized carbons (Fsp3) is 0.452. The van der Waals surface area contributed by atoms with E-state index in [0.29, 0.717) is 31.4 Å². The van der Waals surface area contributed by atoms with Crippen LogP contribution in [0.3, 0.4) is 0 Å². The average Bonchev–Trinajstić information content (AvgIpc) is 3.45. The molecule has 5 rings (SSSR count). The minimum Gasteiger partial charge on any atom is -0.496 e. The molecule has 13 heteroatoms. The van der Waals surface area contributed by atoms with Crippen LogP contribution >= 0.6 is 0 Å². The van der Waals surface area contributed by atoms with Crippen LogP contribution in [0.2, 0.25) is 0 Å². The second-order valence-electron chi connectivity index (χ2n) is 11.5. The molecule has 2 aromatic rings. The molecule has 1 unspecified atom stereocenters. The van der Waals surface area contributed by atoms with E-state index in [-0.39, 0.29) is 47.5 Å². The van der Waals surface area contributed by atoms with Crippen molar-refractivity contribution >= 4 is 23.3 Å². The minimum absolute atomic E-state index is 0.0691. The Hall–Kier alpha value is -3.90. The van der Waals surface area contributed by atoms with Crippen LogP contribution in [0, 0.1) is 23.6 Å². The van der Waals surface area contributed by atoms with E-state index in [2.05, 4.69) is 10.6 Å². The maximum atomic E-state index is 13.8. The van der Waals surface area contributed by atoms with Gasteiger partial charge in [-0.3, -0.25) is 14.4 Å². The van der Waals surface area contributed by atoms with Crippen LogP contribution in [-0.4, -0.2) is 36.9 Å². The van der Waals surface area contributed by atoms with Gasteiger partial charge in [0, 0.05) is 36.6 Å². The Morgan fingerprint density at radius 2 is 1.70 bits per heavy atom.